The lowest BCUT2D eigenvalue weighted by molar-refractivity contribution is 0.0946. The molecule has 6 nitrogen and oxygen atoms in total. The van der Waals surface area contributed by atoms with Gasteiger partial charge < -0.3 is 11.1 Å². The molecule has 7 heteroatoms. The van der Waals surface area contributed by atoms with Crippen LogP contribution in [-0.4, -0.2) is 34.0 Å². The van der Waals surface area contributed by atoms with Gasteiger partial charge in [0.1, 0.15) is 0 Å². The van der Waals surface area contributed by atoms with Crippen molar-refractivity contribution in [2.45, 2.75) is 11.3 Å². The third-order valence-electron chi connectivity index (χ3n) is 2.75. The minimum atomic E-state index is -3.59. The molecule has 1 aromatic rings. The molecule has 0 saturated heterocycles. The van der Waals surface area contributed by atoms with Crippen molar-refractivity contribution in [2.75, 3.05) is 19.6 Å². The van der Waals surface area contributed by atoms with Crippen LogP contribution in [0.15, 0.2) is 23.1 Å². The number of hydrogen-bond acceptors (Lipinski definition) is 4. The summed E-state index contributed by atoms with van der Waals surface area (Å²) in [6, 6.07) is 4.60. The van der Waals surface area contributed by atoms with Gasteiger partial charge in [0.25, 0.3) is 5.91 Å². The third-order valence-corrected chi connectivity index (χ3v) is 4.21. The molecule has 0 unspecified atom stereocenters. The second-order valence-corrected chi connectivity index (χ2v) is 5.78. The van der Waals surface area contributed by atoms with Crippen LogP contribution in [-0.2, 0) is 16.4 Å². The minimum Gasteiger partial charge on any atom is -0.352 e. The van der Waals surface area contributed by atoms with E-state index < -0.39 is 10.0 Å². The average Bonchev–Trinajstić information content (AvgIpc) is 2.36. The van der Waals surface area contributed by atoms with Crippen molar-refractivity contribution < 1.29 is 13.2 Å². The summed E-state index contributed by atoms with van der Waals surface area (Å²) in [5, 5.41) is 2.69. The number of nitrogens with two attached hydrogens (primary N) is 1. The Morgan fingerprint density at radius 1 is 1.39 bits per heavy atom. The lowest BCUT2D eigenvalue weighted by Crippen LogP contribution is -2.33. The van der Waals surface area contributed by atoms with Crippen LogP contribution >= 0.6 is 0 Å². The van der Waals surface area contributed by atoms with Gasteiger partial charge in [-0.3, -0.25) is 4.79 Å². The Labute approximate surface area is 106 Å². The maximum absolute atomic E-state index is 11.9. The molecule has 98 valence electrons. The number of rotatable bonds is 4. The standard InChI is InChI=1S/C11H15N3O3S/c12-4-6-14-18(16,17)9-2-1-8-3-5-13-11(15)10(8)7-9/h1-2,7,14H,3-6,12H2,(H,13,15). The van der Waals surface area contributed by atoms with Crippen molar-refractivity contribution in [3.63, 3.8) is 0 Å². The Bertz CT molecular complexity index is 569. The maximum atomic E-state index is 11.9. The van der Waals surface area contributed by atoms with E-state index in [1.807, 2.05) is 0 Å². The topological polar surface area (TPSA) is 101 Å². The molecule has 0 saturated carbocycles. The lowest BCUT2D eigenvalue weighted by Gasteiger charge is -2.17. The predicted molar refractivity (Wildman–Crippen MR) is 66.7 cm³/mol. The molecule has 4 N–H and O–H groups in total. The van der Waals surface area contributed by atoms with Gasteiger partial charge in [-0.1, -0.05) is 6.07 Å². The Hall–Kier alpha value is -1.44. The van der Waals surface area contributed by atoms with E-state index in [1.165, 1.54) is 12.1 Å². The molecule has 0 aromatic heterocycles. The summed E-state index contributed by atoms with van der Waals surface area (Å²) in [6.07, 6.45) is 0.720. The molecule has 0 bridgehead atoms. The summed E-state index contributed by atoms with van der Waals surface area (Å²) < 4.78 is 26.1. The quantitative estimate of drug-likeness (QED) is 0.666. The first-order valence-corrected chi connectivity index (χ1v) is 7.14. The summed E-state index contributed by atoms with van der Waals surface area (Å²) in [5.41, 5.74) is 6.56. The van der Waals surface area contributed by atoms with Crippen molar-refractivity contribution in [1.29, 1.82) is 0 Å². The zero-order valence-corrected chi connectivity index (χ0v) is 10.6. The molecule has 0 fully saturated rings. The average molecular weight is 269 g/mol. The second-order valence-electron chi connectivity index (χ2n) is 4.01. The molecule has 1 aliphatic rings. The van der Waals surface area contributed by atoms with Crippen molar-refractivity contribution in [3.05, 3.63) is 29.3 Å². The van der Waals surface area contributed by atoms with Gasteiger partial charge in [-0.25, -0.2) is 13.1 Å². The SMILES string of the molecule is NCCNS(=O)(=O)c1ccc2c(c1)C(=O)NCC2. The fourth-order valence-corrected chi connectivity index (χ4v) is 2.91. The Kier molecular flexibility index (Phi) is 3.65. The van der Waals surface area contributed by atoms with Crippen LogP contribution in [0.4, 0.5) is 0 Å². The number of amides is 1. The van der Waals surface area contributed by atoms with Gasteiger partial charge in [-0.2, -0.15) is 0 Å². The molecule has 2 rings (SSSR count). The van der Waals surface area contributed by atoms with Gasteiger partial charge in [-0.15, -0.1) is 0 Å². The van der Waals surface area contributed by atoms with Crippen molar-refractivity contribution in [2.24, 2.45) is 5.73 Å². The zero-order valence-electron chi connectivity index (χ0n) is 9.77. The number of nitrogens with one attached hydrogen (secondary N) is 2. The highest BCUT2D eigenvalue weighted by Crippen LogP contribution is 2.18. The number of sulfonamides is 1. The first-order chi connectivity index (χ1) is 8.54. The molecule has 1 aromatic carbocycles. The largest absolute Gasteiger partial charge is 0.352 e. The van der Waals surface area contributed by atoms with E-state index in [4.69, 9.17) is 5.73 Å². The summed E-state index contributed by atoms with van der Waals surface area (Å²) in [4.78, 5) is 11.7. The molecule has 18 heavy (non-hydrogen) atoms. The number of carbonyl (C=O) groups is 1. The summed E-state index contributed by atoms with van der Waals surface area (Å²) in [5.74, 6) is -0.230. The van der Waals surface area contributed by atoms with Gasteiger partial charge in [0.2, 0.25) is 10.0 Å². The minimum absolute atomic E-state index is 0.0896. The zero-order chi connectivity index (χ0) is 13.2. The number of benzene rings is 1. The van der Waals surface area contributed by atoms with Crippen LogP contribution < -0.4 is 15.8 Å². The molecule has 0 aliphatic carbocycles. The van der Waals surface area contributed by atoms with Crippen LogP contribution in [0.1, 0.15) is 15.9 Å². The molecular formula is C11H15N3O3S. The first kappa shape index (κ1) is 13.0. The molecule has 0 radical (unpaired) electrons. The monoisotopic (exact) mass is 269 g/mol. The Morgan fingerprint density at radius 3 is 2.89 bits per heavy atom. The number of carbonyl (C=O) groups excluding carboxylic acids is 1. The third kappa shape index (κ3) is 2.53. The Morgan fingerprint density at radius 2 is 2.17 bits per heavy atom. The van der Waals surface area contributed by atoms with E-state index in [0.717, 1.165) is 12.0 Å². The fourth-order valence-electron chi connectivity index (χ4n) is 1.83. The molecule has 0 spiro atoms. The van der Waals surface area contributed by atoms with E-state index >= 15 is 0 Å². The Balaban J connectivity index is 2.36. The number of hydrogen-bond donors (Lipinski definition) is 3. The van der Waals surface area contributed by atoms with Gasteiger partial charge in [-0.05, 0) is 24.1 Å². The highest BCUT2D eigenvalue weighted by atomic mass is 32.2. The summed E-state index contributed by atoms with van der Waals surface area (Å²) in [7, 11) is -3.59. The molecule has 1 amide bonds. The van der Waals surface area contributed by atoms with E-state index in [9.17, 15) is 13.2 Å². The van der Waals surface area contributed by atoms with Crippen molar-refractivity contribution in [3.8, 4) is 0 Å². The normalized spacial score (nSPS) is 15.1. The van der Waals surface area contributed by atoms with E-state index in [2.05, 4.69) is 10.0 Å². The van der Waals surface area contributed by atoms with Crippen molar-refractivity contribution in [1.82, 2.24) is 10.0 Å². The van der Waals surface area contributed by atoms with Crippen LogP contribution in [0, 0.1) is 0 Å². The van der Waals surface area contributed by atoms with Gasteiger partial charge in [0.15, 0.2) is 0 Å². The van der Waals surface area contributed by atoms with Gasteiger partial charge in [0, 0.05) is 25.2 Å². The smallest absolute Gasteiger partial charge is 0.251 e. The fraction of sp³-hybridized carbons (Fsp3) is 0.364. The van der Waals surface area contributed by atoms with Gasteiger partial charge >= 0.3 is 0 Å². The first-order valence-electron chi connectivity index (χ1n) is 5.65. The molecule has 0 atom stereocenters. The maximum Gasteiger partial charge on any atom is 0.251 e. The van der Waals surface area contributed by atoms with Crippen LogP contribution in [0.2, 0.25) is 0 Å². The van der Waals surface area contributed by atoms with Crippen LogP contribution in [0.3, 0.4) is 0 Å². The second kappa shape index (κ2) is 5.05. The highest BCUT2D eigenvalue weighted by molar-refractivity contribution is 7.89. The summed E-state index contributed by atoms with van der Waals surface area (Å²) in [6.45, 7) is 0.986. The van der Waals surface area contributed by atoms with Crippen molar-refractivity contribution >= 4 is 15.9 Å². The predicted octanol–water partition coefficient (Wildman–Crippen LogP) is -0.790. The highest BCUT2D eigenvalue weighted by Gasteiger charge is 2.20. The number of fused-ring (bicyclic) bond motifs is 1. The van der Waals surface area contributed by atoms with Crippen LogP contribution in [0.5, 0.6) is 0 Å². The molecule has 1 aliphatic heterocycles. The van der Waals surface area contributed by atoms with E-state index in [0.29, 0.717) is 12.1 Å². The van der Waals surface area contributed by atoms with Gasteiger partial charge in [0.05, 0.1) is 4.90 Å². The van der Waals surface area contributed by atoms with Crippen LogP contribution in [0.25, 0.3) is 0 Å². The van der Waals surface area contributed by atoms with E-state index in [1.54, 1.807) is 6.07 Å². The molecular weight excluding hydrogens is 254 g/mol. The molecule has 1 heterocycles. The van der Waals surface area contributed by atoms with E-state index in [-0.39, 0.29) is 23.9 Å². The lowest BCUT2D eigenvalue weighted by atomic mass is 10.0. The summed E-state index contributed by atoms with van der Waals surface area (Å²) >= 11 is 0.